The Kier molecular flexibility index (Phi) is 7.54. The van der Waals surface area contributed by atoms with Crippen LogP contribution in [0.15, 0.2) is 0 Å². The van der Waals surface area contributed by atoms with Crippen LogP contribution in [-0.2, 0) is 19.1 Å². The molecule has 0 aliphatic heterocycles. The Morgan fingerprint density at radius 1 is 1.17 bits per heavy atom. The zero-order valence-corrected chi connectivity index (χ0v) is 11.1. The van der Waals surface area contributed by atoms with Gasteiger partial charge >= 0.3 is 11.9 Å². The van der Waals surface area contributed by atoms with Crippen LogP contribution < -0.4 is 0 Å². The number of ether oxygens (including phenoxy) is 2. The number of hydrogen-bond donors (Lipinski definition) is 2. The fourth-order valence-corrected chi connectivity index (χ4v) is 0.949. The minimum Gasteiger partial charge on any atom is -0.462 e. The van der Waals surface area contributed by atoms with Crippen LogP contribution in [0.25, 0.3) is 0 Å². The molecule has 106 valence electrons. The number of aliphatic hydroxyl groups excluding tert-OH is 1. The van der Waals surface area contributed by atoms with Gasteiger partial charge in [-0.1, -0.05) is 6.92 Å². The molecule has 18 heavy (non-hydrogen) atoms. The van der Waals surface area contributed by atoms with Crippen molar-refractivity contribution in [1.29, 1.82) is 0 Å². The zero-order valence-electron chi connectivity index (χ0n) is 11.1. The highest BCUT2D eigenvalue weighted by Crippen LogP contribution is 2.21. The lowest BCUT2D eigenvalue weighted by molar-refractivity contribution is -0.159. The third-order valence-electron chi connectivity index (χ3n) is 2.62. The van der Waals surface area contributed by atoms with E-state index < -0.39 is 17.7 Å². The number of aliphatic hydroxyl groups is 2. The van der Waals surface area contributed by atoms with Gasteiger partial charge in [0.1, 0.15) is 13.2 Å². The first kappa shape index (κ1) is 16.9. The lowest BCUT2D eigenvalue weighted by Gasteiger charge is -2.20. The van der Waals surface area contributed by atoms with E-state index in [1.54, 1.807) is 13.8 Å². The van der Waals surface area contributed by atoms with Crippen molar-refractivity contribution in [2.45, 2.75) is 46.3 Å². The largest absolute Gasteiger partial charge is 0.462 e. The Balaban J connectivity index is 3.68. The molecule has 0 bridgehead atoms. The van der Waals surface area contributed by atoms with Crippen molar-refractivity contribution in [3.63, 3.8) is 0 Å². The summed E-state index contributed by atoms with van der Waals surface area (Å²) in [6.07, 6.45) is -0.992. The Labute approximate surface area is 107 Å². The van der Waals surface area contributed by atoms with E-state index in [-0.39, 0.29) is 32.0 Å². The van der Waals surface area contributed by atoms with Crippen molar-refractivity contribution in [3.8, 4) is 0 Å². The molecule has 0 aliphatic rings. The molecule has 0 unspecified atom stereocenters. The molecule has 0 heterocycles. The monoisotopic (exact) mass is 262 g/mol. The summed E-state index contributed by atoms with van der Waals surface area (Å²) < 4.78 is 9.71. The van der Waals surface area contributed by atoms with Crippen molar-refractivity contribution < 1.29 is 29.3 Å². The van der Waals surface area contributed by atoms with Crippen molar-refractivity contribution >= 4 is 11.9 Å². The summed E-state index contributed by atoms with van der Waals surface area (Å²) in [4.78, 5) is 22.6. The summed E-state index contributed by atoms with van der Waals surface area (Å²) in [5.74, 6) is -0.874. The summed E-state index contributed by atoms with van der Waals surface area (Å²) in [7, 11) is 0. The van der Waals surface area contributed by atoms with Gasteiger partial charge < -0.3 is 19.7 Å². The topological polar surface area (TPSA) is 93.1 Å². The van der Waals surface area contributed by atoms with Gasteiger partial charge in [-0.2, -0.15) is 0 Å². The normalized spacial score (nSPS) is 11.4. The molecule has 0 radical (unpaired) electrons. The van der Waals surface area contributed by atoms with Gasteiger partial charge in [0.05, 0.1) is 11.8 Å². The third-order valence-corrected chi connectivity index (χ3v) is 2.62. The lowest BCUT2D eigenvalue weighted by atomic mass is 9.91. The number of esters is 2. The Bertz CT molecular complexity index is 272. The molecule has 0 aromatic heterocycles. The van der Waals surface area contributed by atoms with Crippen LogP contribution in [0.4, 0.5) is 0 Å². The van der Waals surface area contributed by atoms with Gasteiger partial charge in [-0.25, -0.2) is 0 Å². The van der Waals surface area contributed by atoms with Crippen molar-refractivity contribution in [2.24, 2.45) is 5.41 Å². The van der Waals surface area contributed by atoms with E-state index >= 15 is 0 Å². The standard InChI is InChI=1S/C12H22O6/c1-4-12(2,3)11(16)18-8-7-17-10(15)6-5-9(13)14/h9,13-14H,4-8H2,1-3H3. The van der Waals surface area contributed by atoms with Gasteiger partial charge in [0, 0.05) is 6.42 Å². The highest BCUT2D eigenvalue weighted by atomic mass is 16.6. The summed E-state index contributed by atoms with van der Waals surface area (Å²) in [5, 5.41) is 17.1. The van der Waals surface area contributed by atoms with Crippen molar-refractivity contribution in [2.75, 3.05) is 13.2 Å². The van der Waals surface area contributed by atoms with Gasteiger partial charge in [-0.15, -0.1) is 0 Å². The first-order chi connectivity index (χ1) is 8.29. The van der Waals surface area contributed by atoms with Gasteiger partial charge in [0.15, 0.2) is 6.29 Å². The molecule has 0 rings (SSSR count). The summed E-state index contributed by atoms with van der Waals surface area (Å²) >= 11 is 0. The maximum Gasteiger partial charge on any atom is 0.311 e. The Hall–Kier alpha value is -1.14. The van der Waals surface area contributed by atoms with Crippen LogP contribution in [0.1, 0.15) is 40.0 Å². The van der Waals surface area contributed by atoms with Crippen LogP contribution >= 0.6 is 0 Å². The van der Waals surface area contributed by atoms with E-state index in [0.29, 0.717) is 6.42 Å². The minimum absolute atomic E-state index is 0.00961. The van der Waals surface area contributed by atoms with E-state index in [0.717, 1.165) is 0 Å². The highest BCUT2D eigenvalue weighted by molar-refractivity contribution is 5.75. The highest BCUT2D eigenvalue weighted by Gasteiger charge is 2.26. The van der Waals surface area contributed by atoms with Crippen molar-refractivity contribution in [1.82, 2.24) is 0 Å². The second-order valence-corrected chi connectivity index (χ2v) is 4.61. The van der Waals surface area contributed by atoms with Crippen LogP contribution in [0.2, 0.25) is 0 Å². The van der Waals surface area contributed by atoms with Gasteiger partial charge in [0.25, 0.3) is 0 Å². The molecule has 0 spiro atoms. The predicted molar refractivity (Wildman–Crippen MR) is 63.4 cm³/mol. The average molecular weight is 262 g/mol. The Morgan fingerprint density at radius 2 is 1.72 bits per heavy atom. The fraction of sp³-hybridized carbons (Fsp3) is 0.833. The molecule has 0 aliphatic carbocycles. The molecule has 0 aromatic carbocycles. The molecule has 6 heteroatoms. The molecular formula is C12H22O6. The van der Waals surface area contributed by atoms with Gasteiger partial charge in [-0.05, 0) is 20.3 Å². The molecular weight excluding hydrogens is 240 g/mol. The maximum atomic E-state index is 11.5. The molecule has 2 N–H and O–H groups in total. The smallest absolute Gasteiger partial charge is 0.311 e. The number of rotatable bonds is 8. The number of carbonyl (C=O) groups is 2. The van der Waals surface area contributed by atoms with Crippen LogP contribution in [0.3, 0.4) is 0 Å². The van der Waals surface area contributed by atoms with Crippen LogP contribution in [0, 0.1) is 5.41 Å². The van der Waals surface area contributed by atoms with Gasteiger partial charge in [-0.3, -0.25) is 9.59 Å². The Morgan fingerprint density at radius 3 is 2.22 bits per heavy atom. The summed E-state index contributed by atoms with van der Waals surface area (Å²) in [6, 6.07) is 0. The molecule has 0 aromatic rings. The predicted octanol–water partition coefficient (Wildman–Crippen LogP) is 0.600. The zero-order chi connectivity index (χ0) is 14.2. The van der Waals surface area contributed by atoms with E-state index in [9.17, 15) is 9.59 Å². The molecule has 0 saturated heterocycles. The first-order valence-corrected chi connectivity index (χ1v) is 5.98. The summed E-state index contributed by atoms with van der Waals surface area (Å²) in [5.41, 5.74) is -0.537. The van der Waals surface area contributed by atoms with E-state index in [1.165, 1.54) is 0 Å². The second-order valence-electron chi connectivity index (χ2n) is 4.61. The van der Waals surface area contributed by atoms with Gasteiger partial charge in [0.2, 0.25) is 0 Å². The second kappa shape index (κ2) is 8.05. The molecule has 0 atom stereocenters. The fourth-order valence-electron chi connectivity index (χ4n) is 0.949. The van der Waals surface area contributed by atoms with E-state index in [1.807, 2.05) is 6.92 Å². The molecule has 6 nitrogen and oxygen atoms in total. The third kappa shape index (κ3) is 7.24. The maximum absolute atomic E-state index is 11.5. The average Bonchev–Trinajstić information content (AvgIpc) is 2.31. The minimum atomic E-state index is -1.51. The van der Waals surface area contributed by atoms with E-state index in [4.69, 9.17) is 19.7 Å². The molecule has 0 fully saturated rings. The van der Waals surface area contributed by atoms with Crippen LogP contribution in [-0.4, -0.2) is 41.7 Å². The quantitative estimate of drug-likeness (QED) is 0.378. The van der Waals surface area contributed by atoms with Crippen LogP contribution in [0.5, 0.6) is 0 Å². The molecule has 0 saturated carbocycles. The SMILES string of the molecule is CCC(C)(C)C(=O)OCCOC(=O)CCC(O)O. The lowest BCUT2D eigenvalue weighted by Crippen LogP contribution is -2.27. The number of hydrogen-bond acceptors (Lipinski definition) is 6. The summed E-state index contributed by atoms with van der Waals surface area (Å²) in [6.45, 7) is 5.44. The molecule has 0 amide bonds. The number of carbonyl (C=O) groups excluding carboxylic acids is 2. The first-order valence-electron chi connectivity index (χ1n) is 5.98. The van der Waals surface area contributed by atoms with Crippen molar-refractivity contribution in [3.05, 3.63) is 0 Å². The van der Waals surface area contributed by atoms with E-state index in [2.05, 4.69) is 0 Å².